The highest BCUT2D eigenvalue weighted by Gasteiger charge is 2.45. The Morgan fingerprint density at radius 1 is 1.33 bits per heavy atom. The van der Waals surface area contributed by atoms with Crippen LogP contribution in [-0.4, -0.2) is 64.5 Å². The number of piperazine rings is 1. The molecule has 1 atom stereocenters. The Labute approximate surface area is 169 Å². The fraction of sp³-hybridized carbons (Fsp3) is 0.444. The van der Waals surface area contributed by atoms with Crippen molar-refractivity contribution in [3.63, 3.8) is 0 Å². The number of aryl methyl sites for hydroxylation is 1. The van der Waals surface area contributed by atoms with Crippen LogP contribution in [0.15, 0.2) is 24.5 Å². The van der Waals surface area contributed by atoms with Crippen molar-refractivity contribution in [1.82, 2.24) is 14.7 Å². The van der Waals surface area contributed by atoms with E-state index in [1.54, 1.807) is 24.3 Å². The third-order valence-electron chi connectivity index (χ3n) is 4.98. The lowest BCUT2D eigenvalue weighted by atomic mass is 10.0. The quantitative estimate of drug-likeness (QED) is 0.550. The Hall–Kier alpha value is -3.31. The van der Waals surface area contributed by atoms with Crippen LogP contribution in [0.5, 0.6) is 5.75 Å². The molecule has 9 nitrogen and oxygen atoms in total. The fourth-order valence-electron chi connectivity index (χ4n) is 3.56. The first kappa shape index (κ1) is 21.4. The molecule has 3 rings (SSSR count). The van der Waals surface area contributed by atoms with Gasteiger partial charge in [0, 0.05) is 67.9 Å². The zero-order valence-corrected chi connectivity index (χ0v) is 16.5. The van der Waals surface area contributed by atoms with E-state index >= 15 is 0 Å². The van der Waals surface area contributed by atoms with Crippen LogP contribution in [0.1, 0.15) is 6.92 Å². The number of carbonyl (C=O) groups excluding carboxylic acids is 1. The van der Waals surface area contributed by atoms with Gasteiger partial charge in [0.1, 0.15) is 0 Å². The van der Waals surface area contributed by atoms with Gasteiger partial charge in [0.2, 0.25) is 0 Å². The molecule has 1 amide bonds. The Balaban J connectivity index is 2.01. The molecule has 0 aliphatic carbocycles. The second kappa shape index (κ2) is 7.84. The molecule has 1 aliphatic heterocycles. The van der Waals surface area contributed by atoms with Gasteiger partial charge in [-0.2, -0.15) is 18.3 Å². The molecule has 0 saturated carbocycles. The third kappa shape index (κ3) is 4.02. The maximum absolute atomic E-state index is 12.8. The average molecular weight is 427 g/mol. The number of amides is 1. The summed E-state index contributed by atoms with van der Waals surface area (Å²) in [5.74, 6) is -1.84. The van der Waals surface area contributed by atoms with Gasteiger partial charge in [-0.25, -0.2) is 0 Å². The van der Waals surface area contributed by atoms with Crippen molar-refractivity contribution < 1.29 is 27.6 Å². The van der Waals surface area contributed by atoms with E-state index in [-0.39, 0.29) is 31.1 Å². The van der Waals surface area contributed by atoms with Crippen LogP contribution in [0.4, 0.5) is 24.5 Å². The molecular weight excluding hydrogens is 407 g/mol. The molecule has 1 unspecified atom stereocenters. The van der Waals surface area contributed by atoms with Crippen molar-refractivity contribution in [1.29, 1.82) is 0 Å². The summed E-state index contributed by atoms with van der Waals surface area (Å²) in [4.78, 5) is 25.1. The number of benzene rings is 1. The number of hydrogen-bond acceptors (Lipinski definition) is 6. The van der Waals surface area contributed by atoms with Crippen molar-refractivity contribution in [2.24, 2.45) is 7.05 Å². The summed E-state index contributed by atoms with van der Waals surface area (Å²) >= 11 is 0. The van der Waals surface area contributed by atoms with Gasteiger partial charge < -0.3 is 14.5 Å². The van der Waals surface area contributed by atoms with E-state index in [1.165, 1.54) is 30.8 Å². The minimum absolute atomic E-state index is 0.0316. The molecule has 1 saturated heterocycles. The SMILES string of the molecule is COc1cc(N2CCN(C(=O)C(F)(F)F)C(C)C2)c(-c2cnn(C)c2)cc1[N+](=O)[O-]. The lowest BCUT2D eigenvalue weighted by Crippen LogP contribution is -2.57. The van der Waals surface area contributed by atoms with Gasteiger partial charge in [-0.15, -0.1) is 0 Å². The molecule has 2 heterocycles. The summed E-state index contributed by atoms with van der Waals surface area (Å²) < 4.78 is 45.2. The number of carbonyl (C=O) groups is 1. The maximum Gasteiger partial charge on any atom is 0.471 e. The molecule has 0 N–H and O–H groups in total. The Bertz CT molecular complexity index is 975. The monoisotopic (exact) mass is 427 g/mol. The van der Waals surface area contributed by atoms with E-state index in [0.29, 0.717) is 16.8 Å². The molecular formula is C18H20F3N5O4. The molecule has 0 spiro atoms. The van der Waals surface area contributed by atoms with Crippen LogP contribution in [-0.2, 0) is 11.8 Å². The smallest absolute Gasteiger partial charge is 0.471 e. The second-order valence-electron chi connectivity index (χ2n) is 6.99. The number of rotatable bonds is 4. The Morgan fingerprint density at radius 3 is 2.53 bits per heavy atom. The predicted molar refractivity (Wildman–Crippen MR) is 101 cm³/mol. The van der Waals surface area contributed by atoms with Crippen LogP contribution in [0.3, 0.4) is 0 Å². The number of nitro benzene ring substituents is 1. The molecule has 1 aromatic heterocycles. The Morgan fingerprint density at radius 2 is 2.03 bits per heavy atom. The van der Waals surface area contributed by atoms with Gasteiger partial charge in [-0.05, 0) is 6.92 Å². The first-order chi connectivity index (χ1) is 14.0. The number of halogens is 3. The van der Waals surface area contributed by atoms with Gasteiger partial charge in [0.15, 0.2) is 5.75 Å². The van der Waals surface area contributed by atoms with Gasteiger partial charge in [-0.1, -0.05) is 0 Å². The lowest BCUT2D eigenvalue weighted by molar-refractivity contribution is -0.385. The number of alkyl halides is 3. The molecule has 30 heavy (non-hydrogen) atoms. The topological polar surface area (TPSA) is 93.7 Å². The zero-order valence-electron chi connectivity index (χ0n) is 16.5. The standard InChI is InChI=1S/C18H20F3N5O4/c1-11-9-24(4-5-25(11)17(27)18(19,20)21)14-7-16(30-3)15(26(28)29)6-13(14)12-8-22-23(2)10-12/h6-8,10-11H,4-5,9H2,1-3H3. The van der Waals surface area contributed by atoms with E-state index in [2.05, 4.69) is 5.10 Å². The Kier molecular flexibility index (Phi) is 5.59. The first-order valence-corrected chi connectivity index (χ1v) is 9.01. The molecule has 0 bridgehead atoms. The molecule has 0 radical (unpaired) electrons. The number of aromatic nitrogens is 2. The third-order valence-corrected chi connectivity index (χ3v) is 4.98. The van der Waals surface area contributed by atoms with Crippen LogP contribution < -0.4 is 9.64 Å². The zero-order chi connectivity index (χ0) is 22.2. The minimum atomic E-state index is -4.94. The number of methoxy groups -OCH3 is 1. The normalized spacial score (nSPS) is 17.2. The van der Waals surface area contributed by atoms with Crippen molar-refractivity contribution in [3.05, 3.63) is 34.6 Å². The number of anilines is 1. The van der Waals surface area contributed by atoms with Gasteiger partial charge in [0.25, 0.3) is 0 Å². The van der Waals surface area contributed by atoms with Gasteiger partial charge in [-0.3, -0.25) is 19.6 Å². The summed E-state index contributed by atoms with van der Waals surface area (Å²) in [6.07, 6.45) is -1.71. The first-order valence-electron chi connectivity index (χ1n) is 9.01. The minimum Gasteiger partial charge on any atom is -0.490 e. The van der Waals surface area contributed by atoms with Crippen molar-refractivity contribution in [3.8, 4) is 16.9 Å². The van der Waals surface area contributed by atoms with Crippen LogP contribution in [0, 0.1) is 10.1 Å². The molecule has 1 fully saturated rings. The van der Waals surface area contributed by atoms with E-state index in [4.69, 9.17) is 4.74 Å². The van der Waals surface area contributed by atoms with E-state index in [0.717, 1.165) is 4.90 Å². The van der Waals surface area contributed by atoms with Crippen molar-refractivity contribution in [2.45, 2.75) is 19.1 Å². The highest BCUT2D eigenvalue weighted by atomic mass is 19.4. The van der Waals surface area contributed by atoms with Gasteiger partial charge >= 0.3 is 17.8 Å². The molecule has 1 aliphatic rings. The molecule has 1 aromatic carbocycles. The summed E-state index contributed by atoms with van der Waals surface area (Å²) in [6, 6.07) is 2.15. The summed E-state index contributed by atoms with van der Waals surface area (Å²) in [6.45, 7) is 1.64. The summed E-state index contributed by atoms with van der Waals surface area (Å²) in [5, 5.41) is 15.6. The molecule has 2 aromatic rings. The van der Waals surface area contributed by atoms with Crippen LogP contribution >= 0.6 is 0 Å². The predicted octanol–water partition coefficient (Wildman–Crippen LogP) is 2.60. The lowest BCUT2D eigenvalue weighted by Gasteiger charge is -2.41. The van der Waals surface area contributed by atoms with Crippen LogP contribution in [0.2, 0.25) is 0 Å². The van der Waals surface area contributed by atoms with E-state index in [1.807, 2.05) is 0 Å². The number of nitro groups is 1. The van der Waals surface area contributed by atoms with Crippen molar-refractivity contribution >= 4 is 17.3 Å². The van der Waals surface area contributed by atoms with Gasteiger partial charge in [0.05, 0.1) is 18.2 Å². The van der Waals surface area contributed by atoms with E-state index in [9.17, 15) is 28.1 Å². The highest BCUT2D eigenvalue weighted by Crippen LogP contribution is 2.41. The summed E-state index contributed by atoms with van der Waals surface area (Å²) in [5.41, 5.74) is 1.42. The number of hydrogen-bond donors (Lipinski definition) is 0. The molecule has 162 valence electrons. The van der Waals surface area contributed by atoms with Crippen molar-refractivity contribution in [2.75, 3.05) is 31.6 Å². The largest absolute Gasteiger partial charge is 0.490 e. The second-order valence-corrected chi connectivity index (χ2v) is 6.99. The maximum atomic E-state index is 12.8. The number of ether oxygens (including phenoxy) is 1. The number of nitrogens with zero attached hydrogens (tertiary/aromatic N) is 5. The summed E-state index contributed by atoms with van der Waals surface area (Å²) in [7, 11) is 3.00. The average Bonchev–Trinajstić information content (AvgIpc) is 3.11. The fourth-order valence-corrected chi connectivity index (χ4v) is 3.56. The van der Waals surface area contributed by atoms with Crippen LogP contribution in [0.25, 0.3) is 11.1 Å². The highest BCUT2D eigenvalue weighted by molar-refractivity contribution is 5.84. The van der Waals surface area contributed by atoms with E-state index < -0.39 is 23.0 Å². The molecule has 12 heteroatoms.